The first kappa shape index (κ1) is 25.5. The van der Waals surface area contributed by atoms with Gasteiger partial charge in [-0.15, -0.1) is 0 Å². The average molecular weight is 498 g/mol. The number of carboxylic acid groups (broad SMARTS) is 1. The maximum atomic E-state index is 10.6. The molecule has 3 aromatic rings. The minimum Gasteiger partial charge on any atom is -0.489 e. The summed E-state index contributed by atoms with van der Waals surface area (Å²) in [6, 6.07) is 9.73. The van der Waals surface area contributed by atoms with Crippen LogP contribution in [0.1, 0.15) is 30.5 Å². The number of aromatic nitrogens is 2. The summed E-state index contributed by atoms with van der Waals surface area (Å²) < 4.78 is 42.9. The van der Waals surface area contributed by atoms with E-state index in [2.05, 4.69) is 34.5 Å². The number of nitrogens with one attached hydrogen (secondary N) is 1. The van der Waals surface area contributed by atoms with Gasteiger partial charge in [0.25, 0.3) is 5.89 Å². The normalized spacial score (nSPS) is 13.2. The second-order valence-electron chi connectivity index (χ2n) is 7.84. The van der Waals surface area contributed by atoms with Gasteiger partial charge in [0, 0.05) is 17.7 Å². The number of ether oxygens (including phenoxy) is 1. The summed E-state index contributed by atoms with van der Waals surface area (Å²) >= 11 is 6.33. The Morgan fingerprint density at radius 3 is 2.59 bits per heavy atom. The number of nitrogens with zero attached hydrogens (tertiary/aromatic N) is 2. The zero-order valence-electron chi connectivity index (χ0n) is 18.7. The van der Waals surface area contributed by atoms with Crippen molar-refractivity contribution in [1.29, 1.82) is 0 Å². The SMILES string of the molecule is Cc1c(-c2noc(-c3ccc(OC(C)C)c(Cl)c3)n2)ccc2c1CCNC2.O=C(O)C(F)(F)F. The summed E-state index contributed by atoms with van der Waals surface area (Å²) in [5.74, 6) is -1.06. The summed E-state index contributed by atoms with van der Waals surface area (Å²) in [5.41, 5.74) is 5.74. The van der Waals surface area contributed by atoms with Crippen LogP contribution in [0.25, 0.3) is 22.8 Å². The fourth-order valence-electron chi connectivity index (χ4n) is 3.44. The molecule has 0 fully saturated rings. The molecule has 2 heterocycles. The molecule has 0 aliphatic carbocycles. The van der Waals surface area contributed by atoms with Gasteiger partial charge in [0.2, 0.25) is 5.82 Å². The van der Waals surface area contributed by atoms with E-state index in [0.717, 1.165) is 30.6 Å². The Labute approximate surface area is 198 Å². The fourth-order valence-corrected chi connectivity index (χ4v) is 3.66. The highest BCUT2D eigenvalue weighted by atomic mass is 35.5. The van der Waals surface area contributed by atoms with Crippen molar-refractivity contribution in [3.63, 3.8) is 0 Å². The third-order valence-electron chi connectivity index (χ3n) is 5.01. The van der Waals surface area contributed by atoms with Crippen LogP contribution in [0.15, 0.2) is 34.9 Å². The van der Waals surface area contributed by atoms with E-state index in [4.69, 9.17) is 30.8 Å². The molecular formula is C23H23ClF3N3O4. The first-order chi connectivity index (χ1) is 16.0. The molecule has 7 nitrogen and oxygen atoms in total. The van der Waals surface area contributed by atoms with Crippen molar-refractivity contribution in [2.24, 2.45) is 0 Å². The molecule has 0 radical (unpaired) electrons. The topological polar surface area (TPSA) is 97.5 Å². The van der Waals surface area contributed by atoms with Gasteiger partial charge in [0.1, 0.15) is 5.75 Å². The fraction of sp³-hybridized carbons (Fsp3) is 0.348. The standard InChI is InChI=1S/C21H22ClN3O2.C2HF3O2/c1-12(2)26-19-7-5-14(10-18(19)22)21-24-20(25-27-21)17-6-4-15-11-23-9-8-16(15)13(17)3;3-2(4,5)1(6)7/h4-7,10,12,23H,8-9,11H2,1-3H3;(H,6,7). The largest absolute Gasteiger partial charge is 0.490 e. The highest BCUT2D eigenvalue weighted by Gasteiger charge is 2.38. The molecule has 11 heteroatoms. The molecule has 0 amide bonds. The lowest BCUT2D eigenvalue weighted by Crippen LogP contribution is -2.24. The van der Waals surface area contributed by atoms with Gasteiger partial charge >= 0.3 is 12.1 Å². The van der Waals surface area contributed by atoms with Gasteiger partial charge in [-0.05, 0) is 68.6 Å². The van der Waals surface area contributed by atoms with Crippen LogP contribution in [0.4, 0.5) is 13.2 Å². The molecule has 34 heavy (non-hydrogen) atoms. The second kappa shape index (κ2) is 10.4. The maximum Gasteiger partial charge on any atom is 0.490 e. The minimum absolute atomic E-state index is 0.0607. The summed E-state index contributed by atoms with van der Waals surface area (Å²) in [6.07, 6.45) is -4.00. The molecule has 1 aliphatic heterocycles. The number of carbonyl (C=O) groups is 1. The predicted molar refractivity (Wildman–Crippen MR) is 120 cm³/mol. The Hall–Kier alpha value is -3.11. The quantitative estimate of drug-likeness (QED) is 0.496. The lowest BCUT2D eigenvalue weighted by molar-refractivity contribution is -0.192. The highest BCUT2D eigenvalue weighted by Crippen LogP contribution is 2.33. The van der Waals surface area contributed by atoms with Crippen LogP contribution in [0.5, 0.6) is 5.75 Å². The van der Waals surface area contributed by atoms with E-state index >= 15 is 0 Å². The van der Waals surface area contributed by atoms with Crippen LogP contribution < -0.4 is 10.1 Å². The number of hydrogen-bond donors (Lipinski definition) is 2. The summed E-state index contributed by atoms with van der Waals surface area (Å²) in [7, 11) is 0. The molecule has 0 atom stereocenters. The smallest absolute Gasteiger partial charge is 0.489 e. The van der Waals surface area contributed by atoms with Crippen molar-refractivity contribution in [1.82, 2.24) is 15.5 Å². The van der Waals surface area contributed by atoms with Crippen LogP contribution >= 0.6 is 11.6 Å². The van der Waals surface area contributed by atoms with Crippen LogP contribution in [0.2, 0.25) is 5.02 Å². The van der Waals surface area contributed by atoms with Crippen LogP contribution in [-0.4, -0.2) is 40.0 Å². The van der Waals surface area contributed by atoms with Gasteiger partial charge < -0.3 is 19.7 Å². The first-order valence-corrected chi connectivity index (χ1v) is 10.8. The Balaban J connectivity index is 0.000000406. The number of halogens is 4. The molecule has 0 saturated heterocycles. The maximum absolute atomic E-state index is 10.6. The Morgan fingerprint density at radius 1 is 1.26 bits per heavy atom. The lowest BCUT2D eigenvalue weighted by Gasteiger charge is -2.20. The Kier molecular flexibility index (Phi) is 7.83. The number of carboxylic acids is 1. The van der Waals surface area contributed by atoms with Gasteiger partial charge in [0.05, 0.1) is 11.1 Å². The third kappa shape index (κ3) is 6.06. The van der Waals surface area contributed by atoms with E-state index in [1.165, 1.54) is 16.7 Å². The first-order valence-electron chi connectivity index (χ1n) is 10.4. The number of fused-ring (bicyclic) bond motifs is 1. The average Bonchev–Trinajstić information content (AvgIpc) is 3.25. The molecule has 1 aliphatic rings. The van der Waals surface area contributed by atoms with Gasteiger partial charge in [-0.3, -0.25) is 0 Å². The number of hydrogen-bond acceptors (Lipinski definition) is 6. The lowest BCUT2D eigenvalue weighted by atomic mass is 9.92. The number of alkyl halides is 3. The van der Waals surface area contributed by atoms with Crippen LogP contribution in [0, 0.1) is 6.92 Å². The molecule has 0 saturated carbocycles. The molecule has 0 unspecified atom stereocenters. The molecule has 0 spiro atoms. The summed E-state index contributed by atoms with van der Waals surface area (Å²) in [4.78, 5) is 13.5. The van der Waals surface area contributed by atoms with E-state index in [-0.39, 0.29) is 6.10 Å². The van der Waals surface area contributed by atoms with E-state index in [1.54, 1.807) is 6.07 Å². The van der Waals surface area contributed by atoms with Gasteiger partial charge in [-0.25, -0.2) is 4.79 Å². The molecule has 0 bridgehead atoms. The van der Waals surface area contributed by atoms with Crippen molar-refractivity contribution < 1.29 is 32.3 Å². The molecule has 4 rings (SSSR count). The van der Waals surface area contributed by atoms with Crippen LogP contribution in [0.3, 0.4) is 0 Å². The van der Waals surface area contributed by atoms with Gasteiger partial charge in [-0.1, -0.05) is 28.9 Å². The number of benzene rings is 2. The molecule has 2 N–H and O–H groups in total. The molecular weight excluding hydrogens is 475 g/mol. The molecule has 2 aromatic carbocycles. The van der Waals surface area contributed by atoms with Crippen molar-refractivity contribution >= 4 is 17.6 Å². The number of rotatable bonds is 4. The second-order valence-corrected chi connectivity index (χ2v) is 8.25. The van der Waals surface area contributed by atoms with E-state index in [0.29, 0.717) is 22.5 Å². The Bertz CT molecular complexity index is 1180. The summed E-state index contributed by atoms with van der Waals surface area (Å²) in [5, 5.41) is 15.3. The zero-order chi connectivity index (χ0) is 25.0. The Morgan fingerprint density at radius 2 is 1.97 bits per heavy atom. The zero-order valence-corrected chi connectivity index (χ0v) is 19.4. The monoisotopic (exact) mass is 497 g/mol. The molecule has 1 aromatic heterocycles. The highest BCUT2D eigenvalue weighted by molar-refractivity contribution is 6.32. The minimum atomic E-state index is -5.08. The van der Waals surface area contributed by atoms with Crippen molar-refractivity contribution in [2.75, 3.05) is 6.54 Å². The van der Waals surface area contributed by atoms with Gasteiger partial charge in [0.15, 0.2) is 0 Å². The third-order valence-corrected chi connectivity index (χ3v) is 5.31. The molecule has 182 valence electrons. The van der Waals surface area contributed by atoms with Crippen molar-refractivity contribution in [3.8, 4) is 28.6 Å². The van der Waals surface area contributed by atoms with Gasteiger partial charge in [-0.2, -0.15) is 18.2 Å². The number of aliphatic carboxylic acids is 1. The van der Waals surface area contributed by atoms with Crippen molar-refractivity contribution in [2.45, 2.75) is 46.0 Å². The summed E-state index contributed by atoms with van der Waals surface area (Å²) in [6.45, 7) is 7.97. The van der Waals surface area contributed by atoms with E-state index < -0.39 is 12.1 Å². The predicted octanol–water partition coefficient (Wildman–Crippen LogP) is 5.43. The van der Waals surface area contributed by atoms with Crippen LogP contribution in [-0.2, 0) is 17.8 Å². The van der Waals surface area contributed by atoms with Crippen molar-refractivity contribution in [3.05, 3.63) is 52.0 Å². The van der Waals surface area contributed by atoms with E-state index in [9.17, 15) is 13.2 Å². The van der Waals surface area contributed by atoms with E-state index in [1.807, 2.05) is 26.0 Å².